The summed E-state index contributed by atoms with van der Waals surface area (Å²) in [6, 6.07) is 57.5. The predicted octanol–water partition coefficient (Wildman–Crippen LogP) is 10.8. The third-order valence-corrected chi connectivity index (χ3v) is 9.65. The molecule has 0 atom stereocenters. The minimum absolute atomic E-state index is 0.435. The molecule has 9 rings (SSSR count). The molecule has 5 heteroatoms. The summed E-state index contributed by atoms with van der Waals surface area (Å²) in [6.07, 6.45) is 0. The number of fused-ring (bicyclic) bond motifs is 6. The van der Waals surface area contributed by atoms with E-state index in [1.165, 1.54) is 0 Å². The van der Waals surface area contributed by atoms with Gasteiger partial charge in [0.05, 0.1) is 56.2 Å². The van der Waals surface area contributed by atoms with Crippen LogP contribution in [0.4, 0.5) is 0 Å². The van der Waals surface area contributed by atoms with Gasteiger partial charge in [-0.25, -0.2) is 0 Å². The molecule has 0 saturated carbocycles. The van der Waals surface area contributed by atoms with E-state index in [0.29, 0.717) is 33.6 Å². The van der Waals surface area contributed by atoms with Crippen molar-refractivity contribution in [2.75, 3.05) is 0 Å². The van der Waals surface area contributed by atoms with Gasteiger partial charge in [0.15, 0.2) is 0 Å². The summed E-state index contributed by atoms with van der Waals surface area (Å²) in [7, 11) is 0. The second kappa shape index (κ2) is 11.4. The van der Waals surface area contributed by atoms with Crippen LogP contribution in [0.3, 0.4) is 0 Å². The molecule has 0 aliphatic rings. The Balaban J connectivity index is 1.48. The van der Waals surface area contributed by atoms with Crippen LogP contribution < -0.4 is 0 Å². The fourth-order valence-corrected chi connectivity index (χ4v) is 7.57. The molecule has 230 valence electrons. The first kappa shape index (κ1) is 28.8. The van der Waals surface area contributed by atoms with Crippen LogP contribution in [0, 0.1) is 34.0 Å². The van der Waals surface area contributed by atoms with E-state index >= 15 is 0 Å². The molecule has 0 unspecified atom stereocenters. The van der Waals surface area contributed by atoms with Gasteiger partial charge in [0.2, 0.25) is 0 Å². The lowest BCUT2D eigenvalue weighted by molar-refractivity contribution is 1.13. The smallest absolute Gasteiger partial charge is 0.102 e. The second-order valence-electron chi connectivity index (χ2n) is 12.2. The maximum absolute atomic E-state index is 11.3. The Kier molecular flexibility index (Phi) is 6.56. The molecule has 50 heavy (non-hydrogen) atoms. The number of aromatic nitrogens is 2. The van der Waals surface area contributed by atoms with E-state index in [-0.39, 0.29) is 0 Å². The zero-order chi connectivity index (χ0) is 33.8. The van der Waals surface area contributed by atoms with Gasteiger partial charge in [0.1, 0.15) is 12.1 Å². The summed E-state index contributed by atoms with van der Waals surface area (Å²) < 4.78 is 4.24. The van der Waals surface area contributed by atoms with Crippen molar-refractivity contribution in [1.82, 2.24) is 9.13 Å². The zero-order valence-corrected chi connectivity index (χ0v) is 26.7. The first-order chi connectivity index (χ1) is 24.7. The molecule has 0 radical (unpaired) electrons. The second-order valence-corrected chi connectivity index (χ2v) is 12.2. The molecule has 2 heterocycles. The lowest BCUT2D eigenvalue weighted by atomic mass is 9.90. The average molecular weight is 636 g/mol. The van der Waals surface area contributed by atoms with Crippen LogP contribution in [0.1, 0.15) is 16.7 Å². The first-order valence-electron chi connectivity index (χ1n) is 16.3. The summed E-state index contributed by atoms with van der Waals surface area (Å²) in [4.78, 5) is 0. The maximum Gasteiger partial charge on any atom is 0.102 e. The third kappa shape index (κ3) is 4.17. The Hall–Kier alpha value is -7.39. The molecule has 5 nitrogen and oxygen atoms in total. The number of para-hydroxylation sites is 4. The highest BCUT2D eigenvalue weighted by atomic mass is 15.0. The van der Waals surface area contributed by atoms with Crippen LogP contribution in [0.5, 0.6) is 0 Å². The van der Waals surface area contributed by atoms with E-state index < -0.39 is 0 Å². The van der Waals surface area contributed by atoms with Gasteiger partial charge in [-0.2, -0.15) is 15.8 Å². The zero-order valence-electron chi connectivity index (χ0n) is 26.7. The topological polar surface area (TPSA) is 81.2 Å². The number of hydrogen-bond donors (Lipinski definition) is 0. The van der Waals surface area contributed by atoms with Gasteiger partial charge in [-0.3, -0.25) is 0 Å². The summed E-state index contributed by atoms with van der Waals surface area (Å²) in [6.45, 7) is 0. The van der Waals surface area contributed by atoms with Crippen molar-refractivity contribution >= 4 is 43.6 Å². The maximum atomic E-state index is 11.3. The minimum Gasteiger partial charge on any atom is -0.308 e. The van der Waals surface area contributed by atoms with Gasteiger partial charge in [0.25, 0.3) is 0 Å². The summed E-state index contributed by atoms with van der Waals surface area (Å²) in [5.74, 6) is 0. The van der Waals surface area contributed by atoms with Gasteiger partial charge < -0.3 is 9.13 Å². The summed E-state index contributed by atoms with van der Waals surface area (Å²) in [5.41, 5.74) is 9.52. The SMILES string of the molecule is N#Cc1ccccc1-c1cccc(-c2c(C#N)c(-n3c4ccccc4c4ccccc43)cc(C#N)c2-n2c3ccccc3c3ccccc32)c1. The van der Waals surface area contributed by atoms with E-state index in [0.717, 1.165) is 60.3 Å². The Morgan fingerprint density at radius 2 is 0.880 bits per heavy atom. The first-order valence-corrected chi connectivity index (χ1v) is 16.3. The minimum atomic E-state index is 0.435. The molecule has 0 bridgehead atoms. The van der Waals surface area contributed by atoms with Crippen LogP contribution in [0.25, 0.3) is 77.2 Å². The Morgan fingerprint density at radius 1 is 0.400 bits per heavy atom. The van der Waals surface area contributed by atoms with E-state index in [9.17, 15) is 15.8 Å². The molecule has 0 amide bonds. The normalized spacial score (nSPS) is 11.1. The number of nitriles is 3. The Morgan fingerprint density at radius 3 is 1.42 bits per heavy atom. The molecule has 0 N–H and O–H groups in total. The predicted molar refractivity (Wildman–Crippen MR) is 200 cm³/mol. The van der Waals surface area contributed by atoms with Gasteiger partial charge in [-0.1, -0.05) is 109 Å². The van der Waals surface area contributed by atoms with Crippen LogP contribution >= 0.6 is 0 Å². The number of nitrogens with zero attached hydrogens (tertiary/aromatic N) is 5. The Bertz CT molecular complexity index is 2870. The van der Waals surface area contributed by atoms with Gasteiger partial charge in [-0.05, 0) is 59.2 Å². The highest BCUT2D eigenvalue weighted by Crippen LogP contribution is 2.44. The highest BCUT2D eigenvalue weighted by Gasteiger charge is 2.26. The van der Waals surface area contributed by atoms with Crippen molar-refractivity contribution in [3.05, 3.63) is 168 Å². The quantitative estimate of drug-likeness (QED) is 0.193. The third-order valence-electron chi connectivity index (χ3n) is 9.65. The Labute approximate surface area is 287 Å². The fourth-order valence-electron chi connectivity index (χ4n) is 7.57. The average Bonchev–Trinajstić information content (AvgIpc) is 3.70. The standard InChI is InChI=1S/C45H25N5/c46-26-31-12-1-2-15-33(31)29-13-11-14-30(24-29)44-38(28-48)43(49-39-20-7-3-16-34(39)35-17-4-8-21-40(35)49)25-32(27-47)45(44)50-41-22-9-5-18-36(41)37-19-6-10-23-42(37)50/h1-25H. The van der Waals surface area contributed by atoms with Gasteiger partial charge in [-0.15, -0.1) is 0 Å². The van der Waals surface area contributed by atoms with Crippen molar-refractivity contribution in [3.8, 4) is 51.8 Å². The van der Waals surface area contributed by atoms with Gasteiger partial charge in [0, 0.05) is 27.1 Å². The number of benzene rings is 7. The molecule has 7 aromatic carbocycles. The monoisotopic (exact) mass is 635 g/mol. The van der Waals surface area contributed by atoms with E-state index in [4.69, 9.17) is 0 Å². The largest absolute Gasteiger partial charge is 0.308 e. The van der Waals surface area contributed by atoms with E-state index in [2.05, 4.69) is 75.9 Å². The molecular weight excluding hydrogens is 611 g/mol. The van der Waals surface area contributed by atoms with Crippen LogP contribution in [-0.2, 0) is 0 Å². The molecule has 0 saturated heterocycles. The van der Waals surface area contributed by atoms with E-state index in [1.807, 2.05) is 103 Å². The van der Waals surface area contributed by atoms with Crippen molar-refractivity contribution in [1.29, 1.82) is 15.8 Å². The van der Waals surface area contributed by atoms with Crippen molar-refractivity contribution in [2.24, 2.45) is 0 Å². The molecule has 2 aromatic heterocycles. The van der Waals surface area contributed by atoms with Crippen LogP contribution in [-0.4, -0.2) is 9.13 Å². The molecule has 0 spiro atoms. The van der Waals surface area contributed by atoms with Crippen molar-refractivity contribution < 1.29 is 0 Å². The van der Waals surface area contributed by atoms with Crippen LogP contribution in [0.2, 0.25) is 0 Å². The van der Waals surface area contributed by atoms with Gasteiger partial charge >= 0.3 is 0 Å². The lowest BCUT2D eigenvalue weighted by Crippen LogP contribution is -2.08. The van der Waals surface area contributed by atoms with E-state index in [1.54, 1.807) is 0 Å². The molecular formula is C45H25N5. The number of hydrogen-bond acceptors (Lipinski definition) is 3. The van der Waals surface area contributed by atoms with Crippen molar-refractivity contribution in [3.63, 3.8) is 0 Å². The van der Waals surface area contributed by atoms with Crippen LogP contribution in [0.15, 0.2) is 152 Å². The highest BCUT2D eigenvalue weighted by molar-refractivity contribution is 6.12. The van der Waals surface area contributed by atoms with Crippen molar-refractivity contribution in [2.45, 2.75) is 0 Å². The number of rotatable bonds is 4. The molecule has 0 fully saturated rings. The molecule has 0 aliphatic heterocycles. The molecule has 9 aromatic rings. The lowest BCUT2D eigenvalue weighted by Gasteiger charge is -2.21. The summed E-state index contributed by atoms with van der Waals surface area (Å²) in [5, 5.41) is 36.5. The molecule has 0 aliphatic carbocycles. The summed E-state index contributed by atoms with van der Waals surface area (Å²) >= 11 is 0. The fraction of sp³-hybridized carbons (Fsp3) is 0.